The summed E-state index contributed by atoms with van der Waals surface area (Å²) in [7, 11) is 1.15. The number of rotatable bonds is 6. The highest BCUT2D eigenvalue weighted by atomic mass is 28.4. The molecule has 0 unspecified atom stereocenters. The van der Waals surface area contributed by atoms with Crippen LogP contribution in [0.4, 0.5) is 0 Å². The summed E-state index contributed by atoms with van der Waals surface area (Å²) in [5.41, 5.74) is 0.932. The van der Waals surface area contributed by atoms with Gasteiger partial charge in [0.05, 0.1) is 25.3 Å². The highest BCUT2D eigenvalue weighted by Gasteiger charge is 2.39. The monoisotopic (exact) mass is 446 g/mol. The molecule has 2 aromatic carbocycles. The van der Waals surface area contributed by atoms with E-state index in [1.54, 1.807) is 38.3 Å². The molecule has 6 nitrogen and oxygen atoms in total. The molecule has 0 saturated carbocycles. The average molecular weight is 447 g/mol. The lowest BCUT2D eigenvalue weighted by Crippen LogP contribution is -2.44. The van der Waals surface area contributed by atoms with Gasteiger partial charge < -0.3 is 19.0 Å². The van der Waals surface area contributed by atoms with Crippen molar-refractivity contribution in [1.29, 1.82) is 0 Å². The first-order valence-electron chi connectivity index (χ1n) is 9.99. The molecule has 0 amide bonds. The quantitative estimate of drug-likeness (QED) is 0.440. The molecular weight excluding hydrogens is 412 g/mol. The van der Waals surface area contributed by atoms with E-state index >= 15 is 0 Å². The molecule has 170 valence electrons. The zero-order valence-corrected chi connectivity index (χ0v) is 21.0. The van der Waals surface area contributed by atoms with E-state index in [-0.39, 0.29) is 22.4 Å². The smallest absolute Gasteiger partial charge is 0.250 e. The topological polar surface area (TPSA) is 82.1 Å². The van der Waals surface area contributed by atoms with Gasteiger partial charge in [-0.05, 0) is 56.2 Å². The van der Waals surface area contributed by atoms with Crippen LogP contribution in [-0.4, -0.2) is 39.2 Å². The maximum absolute atomic E-state index is 11.7. The van der Waals surface area contributed by atoms with Crippen LogP contribution in [0.2, 0.25) is 18.1 Å². The lowest BCUT2D eigenvalue weighted by molar-refractivity contribution is 0.100. The minimum absolute atomic E-state index is 0.0105. The second-order valence-electron chi connectivity index (χ2n) is 8.72. The van der Waals surface area contributed by atoms with Gasteiger partial charge in [-0.15, -0.1) is 0 Å². The third-order valence-corrected chi connectivity index (χ3v) is 9.67. The summed E-state index contributed by atoms with van der Waals surface area (Å²) in [6, 6.07) is 9.94. The number of phenolic OH excluding ortho intramolecular Hbond substituents is 1. The van der Waals surface area contributed by atoms with Crippen LogP contribution in [0, 0.1) is 0 Å². The number of ether oxygens (including phenoxy) is 2. The van der Waals surface area contributed by atoms with Crippen molar-refractivity contribution >= 4 is 19.9 Å². The van der Waals surface area contributed by atoms with E-state index in [0.29, 0.717) is 28.4 Å². The lowest BCUT2D eigenvalue weighted by Gasteiger charge is -2.37. The van der Waals surface area contributed by atoms with E-state index in [9.17, 15) is 14.7 Å². The Morgan fingerprint density at radius 3 is 1.68 bits per heavy atom. The van der Waals surface area contributed by atoms with Gasteiger partial charge in [0, 0.05) is 12.1 Å². The molecule has 0 spiro atoms. The summed E-state index contributed by atoms with van der Waals surface area (Å²) >= 11 is 0. The molecule has 0 radical (unpaired) electrons. The molecule has 7 heteroatoms. The third kappa shape index (κ3) is 7.13. The van der Waals surface area contributed by atoms with E-state index < -0.39 is 8.32 Å². The van der Waals surface area contributed by atoms with E-state index in [1.807, 2.05) is 0 Å². The number of methoxy groups -OCH3 is 2. The number of ketones is 2. The van der Waals surface area contributed by atoms with Gasteiger partial charge in [0.15, 0.2) is 11.6 Å². The summed E-state index contributed by atoms with van der Waals surface area (Å²) in [5, 5.41) is 9.38. The lowest BCUT2D eigenvalue weighted by atomic mass is 10.1. The van der Waals surface area contributed by atoms with Gasteiger partial charge in [-0.2, -0.15) is 0 Å². The van der Waals surface area contributed by atoms with Crippen molar-refractivity contribution in [2.24, 2.45) is 0 Å². The summed E-state index contributed by atoms with van der Waals surface area (Å²) < 4.78 is 16.3. The molecular formula is C24H34O6Si. The predicted molar refractivity (Wildman–Crippen MR) is 125 cm³/mol. The fourth-order valence-electron chi connectivity index (χ4n) is 2.37. The standard InChI is InChI=1S/C15H24O3Si.C9H10O3/c1-11(16)13-9-8-12(17-5)10-14(13)18-19(6,7)15(2,3)4;1-6(10)8-4-3-7(12-2)5-9(8)11/h8-10H,1-7H3;3-5,11H,1-2H3. The predicted octanol–water partition coefficient (Wildman–Crippen LogP) is 5.89. The van der Waals surface area contributed by atoms with Crippen molar-refractivity contribution < 1.29 is 28.6 Å². The van der Waals surface area contributed by atoms with Crippen LogP contribution in [0.1, 0.15) is 55.3 Å². The van der Waals surface area contributed by atoms with Crippen LogP contribution < -0.4 is 13.9 Å². The molecule has 0 atom stereocenters. The molecule has 1 N–H and O–H groups in total. The highest BCUT2D eigenvalue weighted by molar-refractivity contribution is 6.74. The van der Waals surface area contributed by atoms with Gasteiger partial charge in [-0.3, -0.25) is 9.59 Å². The van der Waals surface area contributed by atoms with Gasteiger partial charge in [0.1, 0.15) is 23.0 Å². The fraction of sp³-hybridized carbons (Fsp3) is 0.417. The Balaban J connectivity index is 0.000000343. The van der Waals surface area contributed by atoms with Crippen LogP contribution in [0.25, 0.3) is 0 Å². The normalized spacial score (nSPS) is 11.1. The van der Waals surface area contributed by atoms with Crippen molar-refractivity contribution in [2.45, 2.75) is 52.8 Å². The van der Waals surface area contributed by atoms with Gasteiger partial charge in [-0.1, -0.05) is 20.8 Å². The van der Waals surface area contributed by atoms with E-state index in [0.717, 1.165) is 0 Å². The van der Waals surface area contributed by atoms with Crippen molar-refractivity contribution in [3.63, 3.8) is 0 Å². The number of Topliss-reactive ketones (excluding diaryl/α,β-unsaturated/α-hetero) is 2. The van der Waals surface area contributed by atoms with Crippen molar-refractivity contribution in [1.82, 2.24) is 0 Å². The second-order valence-corrected chi connectivity index (χ2v) is 13.4. The van der Waals surface area contributed by atoms with Gasteiger partial charge in [0.25, 0.3) is 8.32 Å². The summed E-state index contributed by atoms with van der Waals surface area (Å²) in [5.74, 6) is 1.70. The fourth-order valence-corrected chi connectivity index (χ4v) is 3.39. The summed E-state index contributed by atoms with van der Waals surface area (Å²) in [4.78, 5) is 22.6. The van der Waals surface area contributed by atoms with Gasteiger partial charge in [0.2, 0.25) is 0 Å². The highest BCUT2D eigenvalue weighted by Crippen LogP contribution is 2.39. The van der Waals surface area contributed by atoms with Crippen molar-refractivity contribution in [3.05, 3.63) is 47.5 Å². The number of hydrogen-bond donors (Lipinski definition) is 1. The van der Waals surface area contributed by atoms with Crippen molar-refractivity contribution in [2.75, 3.05) is 14.2 Å². The Morgan fingerprint density at radius 2 is 1.29 bits per heavy atom. The molecule has 2 aromatic rings. The minimum atomic E-state index is -1.97. The van der Waals surface area contributed by atoms with Crippen LogP contribution in [0.15, 0.2) is 36.4 Å². The number of phenols is 1. The van der Waals surface area contributed by atoms with E-state index in [2.05, 4.69) is 33.9 Å². The number of aromatic hydroxyl groups is 1. The molecule has 0 aliphatic heterocycles. The number of benzene rings is 2. The van der Waals surface area contributed by atoms with E-state index in [4.69, 9.17) is 13.9 Å². The van der Waals surface area contributed by atoms with Crippen LogP contribution >= 0.6 is 0 Å². The molecule has 0 fully saturated rings. The largest absolute Gasteiger partial charge is 0.543 e. The number of carbonyl (C=O) groups excluding carboxylic acids is 2. The van der Waals surface area contributed by atoms with Gasteiger partial charge in [-0.25, -0.2) is 0 Å². The Kier molecular flexibility index (Phi) is 8.87. The molecule has 2 rings (SSSR count). The van der Waals surface area contributed by atoms with E-state index in [1.165, 1.54) is 26.2 Å². The van der Waals surface area contributed by atoms with Crippen LogP contribution in [0.3, 0.4) is 0 Å². The molecule has 0 bridgehead atoms. The number of hydrogen-bond acceptors (Lipinski definition) is 6. The molecule has 0 aromatic heterocycles. The molecule has 0 aliphatic rings. The van der Waals surface area contributed by atoms with Gasteiger partial charge >= 0.3 is 0 Å². The summed E-state index contributed by atoms with van der Waals surface area (Å²) in [6.45, 7) is 13.8. The van der Waals surface area contributed by atoms with Crippen LogP contribution in [-0.2, 0) is 0 Å². The molecule has 31 heavy (non-hydrogen) atoms. The first-order chi connectivity index (χ1) is 14.2. The maximum atomic E-state index is 11.7. The Morgan fingerprint density at radius 1 is 0.839 bits per heavy atom. The third-order valence-electron chi connectivity index (χ3n) is 5.32. The molecule has 0 aliphatic carbocycles. The first-order valence-corrected chi connectivity index (χ1v) is 12.9. The zero-order valence-electron chi connectivity index (χ0n) is 20.0. The first kappa shape index (κ1) is 26.2. The second kappa shape index (κ2) is 10.5. The SMILES string of the molecule is COc1ccc(C(C)=O)c(O)c1.COc1ccc(C(C)=O)c(O[Si](C)(C)C(C)(C)C)c1. The zero-order chi connectivity index (χ0) is 24.0. The number of carbonyl (C=O) groups is 2. The van der Waals surface area contributed by atoms with Crippen molar-refractivity contribution in [3.8, 4) is 23.0 Å². The molecule has 0 heterocycles. The Hall–Kier alpha value is -2.80. The molecule has 0 saturated heterocycles. The minimum Gasteiger partial charge on any atom is -0.543 e. The Labute approximate surface area is 186 Å². The maximum Gasteiger partial charge on any atom is 0.250 e. The average Bonchev–Trinajstić information content (AvgIpc) is 2.66. The Bertz CT molecular complexity index is 928. The summed E-state index contributed by atoms with van der Waals surface area (Å²) in [6.07, 6.45) is 0. The van der Waals surface area contributed by atoms with Crippen LogP contribution in [0.5, 0.6) is 23.0 Å².